The highest BCUT2D eigenvalue weighted by molar-refractivity contribution is 5.21. The average molecular weight is 178 g/mol. The molecule has 0 unspecified atom stereocenters. The molecule has 0 radical (unpaired) electrons. The Morgan fingerprint density at radius 3 is 3.00 bits per heavy atom. The van der Waals surface area contributed by atoms with E-state index < -0.39 is 0 Å². The highest BCUT2D eigenvalue weighted by Gasteiger charge is 2.15. The average Bonchev–Trinajstić information content (AvgIpc) is 2.71. The molecule has 13 heavy (non-hydrogen) atoms. The minimum Gasteiger partial charge on any atom is -0.481 e. The van der Waals surface area contributed by atoms with Crippen molar-refractivity contribution >= 4 is 0 Å². The molecular weight excluding hydrogens is 164 g/mol. The van der Waals surface area contributed by atoms with Gasteiger partial charge in [0.2, 0.25) is 5.88 Å². The fourth-order valence-electron chi connectivity index (χ4n) is 1.69. The van der Waals surface area contributed by atoms with E-state index in [9.17, 15) is 0 Å². The summed E-state index contributed by atoms with van der Waals surface area (Å²) in [5, 5.41) is 3.43. The zero-order valence-electron chi connectivity index (χ0n) is 7.79. The standard InChI is InChI=1S/C10H14N2O/c1-13-10-5-4-8(7-12-10)9-3-2-6-11-9/h4-5,7,9,11H,2-3,6H2,1H3/t9-/m1/s1. The number of rotatable bonds is 2. The summed E-state index contributed by atoms with van der Waals surface area (Å²) in [4.78, 5) is 4.18. The Labute approximate surface area is 78.1 Å². The van der Waals surface area contributed by atoms with Crippen LogP contribution in [0.25, 0.3) is 0 Å². The molecule has 1 aliphatic rings. The van der Waals surface area contributed by atoms with E-state index in [-0.39, 0.29) is 0 Å². The monoisotopic (exact) mass is 178 g/mol. The van der Waals surface area contributed by atoms with Gasteiger partial charge in [0.05, 0.1) is 7.11 Å². The lowest BCUT2D eigenvalue weighted by Crippen LogP contribution is -2.12. The van der Waals surface area contributed by atoms with Gasteiger partial charge in [-0.15, -0.1) is 0 Å². The van der Waals surface area contributed by atoms with Crippen molar-refractivity contribution in [3.8, 4) is 5.88 Å². The summed E-state index contributed by atoms with van der Waals surface area (Å²) in [6.45, 7) is 1.12. The molecule has 1 aromatic heterocycles. The third-order valence-electron chi connectivity index (χ3n) is 2.43. The molecule has 1 atom stereocenters. The second-order valence-electron chi connectivity index (χ2n) is 3.28. The fourth-order valence-corrected chi connectivity index (χ4v) is 1.69. The first-order valence-corrected chi connectivity index (χ1v) is 4.63. The third kappa shape index (κ3) is 1.80. The first kappa shape index (κ1) is 8.51. The minimum atomic E-state index is 0.499. The second-order valence-corrected chi connectivity index (χ2v) is 3.28. The van der Waals surface area contributed by atoms with Crippen LogP contribution in [-0.4, -0.2) is 18.6 Å². The largest absolute Gasteiger partial charge is 0.481 e. The number of nitrogens with zero attached hydrogens (tertiary/aromatic N) is 1. The SMILES string of the molecule is COc1ccc([C@H]2CCCN2)cn1. The van der Waals surface area contributed by atoms with Gasteiger partial charge in [0.15, 0.2) is 0 Å². The number of nitrogens with one attached hydrogen (secondary N) is 1. The first-order valence-electron chi connectivity index (χ1n) is 4.63. The summed E-state index contributed by atoms with van der Waals surface area (Å²) in [5.74, 6) is 0.682. The van der Waals surface area contributed by atoms with Crippen molar-refractivity contribution in [2.45, 2.75) is 18.9 Å². The molecule has 2 rings (SSSR count). The van der Waals surface area contributed by atoms with E-state index in [1.54, 1.807) is 7.11 Å². The normalized spacial score (nSPS) is 21.8. The van der Waals surface area contributed by atoms with Gasteiger partial charge in [-0.2, -0.15) is 0 Å². The van der Waals surface area contributed by atoms with Gasteiger partial charge < -0.3 is 10.1 Å². The molecule has 0 spiro atoms. The quantitative estimate of drug-likeness (QED) is 0.745. The molecule has 1 saturated heterocycles. The minimum absolute atomic E-state index is 0.499. The first-order chi connectivity index (χ1) is 6.40. The molecule has 1 N–H and O–H groups in total. The van der Waals surface area contributed by atoms with E-state index >= 15 is 0 Å². The Hall–Kier alpha value is -1.09. The molecule has 3 heteroatoms. The van der Waals surface area contributed by atoms with Gasteiger partial charge in [0, 0.05) is 18.3 Å². The Morgan fingerprint density at radius 2 is 2.46 bits per heavy atom. The fraction of sp³-hybridized carbons (Fsp3) is 0.500. The number of aromatic nitrogens is 1. The highest BCUT2D eigenvalue weighted by Crippen LogP contribution is 2.22. The molecule has 0 amide bonds. The van der Waals surface area contributed by atoms with Crippen LogP contribution < -0.4 is 10.1 Å². The Kier molecular flexibility index (Phi) is 2.45. The van der Waals surface area contributed by atoms with Crippen LogP contribution in [0.1, 0.15) is 24.4 Å². The smallest absolute Gasteiger partial charge is 0.212 e. The third-order valence-corrected chi connectivity index (χ3v) is 2.43. The Bertz CT molecular complexity index is 265. The topological polar surface area (TPSA) is 34.1 Å². The van der Waals surface area contributed by atoms with E-state index in [4.69, 9.17) is 4.74 Å². The Morgan fingerprint density at radius 1 is 1.54 bits per heavy atom. The van der Waals surface area contributed by atoms with Gasteiger partial charge in [-0.25, -0.2) is 4.98 Å². The van der Waals surface area contributed by atoms with E-state index in [0.29, 0.717) is 11.9 Å². The van der Waals surface area contributed by atoms with Crippen molar-refractivity contribution in [3.63, 3.8) is 0 Å². The van der Waals surface area contributed by atoms with E-state index in [0.717, 1.165) is 6.54 Å². The van der Waals surface area contributed by atoms with Crippen molar-refractivity contribution in [2.75, 3.05) is 13.7 Å². The summed E-state index contributed by atoms with van der Waals surface area (Å²) < 4.78 is 5.00. The summed E-state index contributed by atoms with van der Waals surface area (Å²) >= 11 is 0. The predicted molar refractivity (Wildman–Crippen MR) is 50.8 cm³/mol. The molecule has 2 heterocycles. The molecule has 3 nitrogen and oxygen atoms in total. The van der Waals surface area contributed by atoms with Gasteiger partial charge in [-0.05, 0) is 24.9 Å². The number of ether oxygens (including phenoxy) is 1. The second kappa shape index (κ2) is 3.75. The molecule has 0 aromatic carbocycles. The maximum absolute atomic E-state index is 5.00. The number of pyridine rings is 1. The van der Waals surface area contributed by atoms with Crippen LogP contribution in [0.4, 0.5) is 0 Å². The van der Waals surface area contributed by atoms with Gasteiger partial charge in [0.1, 0.15) is 0 Å². The van der Waals surface area contributed by atoms with E-state index in [1.807, 2.05) is 12.3 Å². The van der Waals surface area contributed by atoms with Crippen LogP contribution in [0, 0.1) is 0 Å². The van der Waals surface area contributed by atoms with Crippen LogP contribution in [-0.2, 0) is 0 Å². The molecule has 1 aromatic rings. The number of methoxy groups -OCH3 is 1. The van der Waals surface area contributed by atoms with Crippen LogP contribution in [0.5, 0.6) is 5.88 Å². The van der Waals surface area contributed by atoms with Crippen LogP contribution in [0.3, 0.4) is 0 Å². The number of hydrogen-bond acceptors (Lipinski definition) is 3. The van der Waals surface area contributed by atoms with Crippen molar-refractivity contribution < 1.29 is 4.74 Å². The van der Waals surface area contributed by atoms with Crippen molar-refractivity contribution in [2.24, 2.45) is 0 Å². The van der Waals surface area contributed by atoms with Crippen molar-refractivity contribution in [3.05, 3.63) is 23.9 Å². The highest BCUT2D eigenvalue weighted by atomic mass is 16.5. The van der Waals surface area contributed by atoms with E-state index in [1.165, 1.54) is 18.4 Å². The van der Waals surface area contributed by atoms with Crippen molar-refractivity contribution in [1.82, 2.24) is 10.3 Å². The van der Waals surface area contributed by atoms with Gasteiger partial charge in [-0.3, -0.25) is 0 Å². The zero-order chi connectivity index (χ0) is 9.10. The van der Waals surface area contributed by atoms with Gasteiger partial charge in [-0.1, -0.05) is 6.07 Å². The maximum atomic E-state index is 5.00. The van der Waals surface area contributed by atoms with Gasteiger partial charge >= 0.3 is 0 Å². The molecular formula is C10H14N2O. The molecule has 1 fully saturated rings. The molecule has 0 aliphatic carbocycles. The van der Waals surface area contributed by atoms with Crippen molar-refractivity contribution in [1.29, 1.82) is 0 Å². The molecule has 70 valence electrons. The van der Waals surface area contributed by atoms with Gasteiger partial charge in [0.25, 0.3) is 0 Å². The summed E-state index contributed by atoms with van der Waals surface area (Å²) in [6, 6.07) is 4.49. The van der Waals surface area contributed by atoms with Crippen LogP contribution in [0.15, 0.2) is 18.3 Å². The Balaban J connectivity index is 2.12. The summed E-state index contributed by atoms with van der Waals surface area (Å²) in [5.41, 5.74) is 1.26. The predicted octanol–water partition coefficient (Wildman–Crippen LogP) is 1.51. The summed E-state index contributed by atoms with van der Waals surface area (Å²) in [6.07, 6.45) is 4.37. The lowest BCUT2D eigenvalue weighted by Gasteiger charge is -2.09. The summed E-state index contributed by atoms with van der Waals surface area (Å²) in [7, 11) is 1.63. The molecule has 1 aliphatic heterocycles. The number of hydrogen-bond donors (Lipinski definition) is 1. The van der Waals surface area contributed by atoms with Crippen LogP contribution in [0.2, 0.25) is 0 Å². The zero-order valence-corrected chi connectivity index (χ0v) is 7.79. The maximum Gasteiger partial charge on any atom is 0.212 e. The molecule has 0 bridgehead atoms. The van der Waals surface area contributed by atoms with Crippen LogP contribution >= 0.6 is 0 Å². The lowest BCUT2D eigenvalue weighted by atomic mass is 10.1. The van der Waals surface area contributed by atoms with E-state index in [2.05, 4.69) is 16.4 Å². The molecule has 0 saturated carbocycles. The lowest BCUT2D eigenvalue weighted by molar-refractivity contribution is 0.397.